The summed E-state index contributed by atoms with van der Waals surface area (Å²) in [6.45, 7) is 0.627. The summed E-state index contributed by atoms with van der Waals surface area (Å²) in [6, 6.07) is 11.3. The van der Waals surface area contributed by atoms with Crippen LogP contribution in [0.25, 0.3) is 0 Å². The number of carbonyl (C=O) groups excluding carboxylic acids is 1. The lowest BCUT2D eigenvalue weighted by Crippen LogP contribution is -2.40. The molecule has 1 aliphatic heterocycles. The van der Waals surface area contributed by atoms with E-state index in [1.807, 2.05) is 0 Å². The molecule has 0 N–H and O–H groups in total. The van der Waals surface area contributed by atoms with Gasteiger partial charge < -0.3 is 9.47 Å². The number of sulfonamides is 1. The van der Waals surface area contributed by atoms with Gasteiger partial charge in [-0.05, 0) is 54.8 Å². The highest BCUT2D eigenvalue weighted by Crippen LogP contribution is 2.27. The second kappa shape index (κ2) is 9.34. The number of methoxy groups -OCH3 is 1. The molecule has 0 bridgehead atoms. The summed E-state index contributed by atoms with van der Waals surface area (Å²) < 4.78 is 37.4. The summed E-state index contributed by atoms with van der Waals surface area (Å²) >= 11 is 11.8. The Labute approximate surface area is 180 Å². The fraction of sp³-hybridized carbons (Fsp3) is 0.350. The van der Waals surface area contributed by atoms with Crippen molar-refractivity contribution in [2.75, 3.05) is 20.2 Å². The lowest BCUT2D eigenvalue weighted by atomic mass is 9.98. The second-order valence-electron chi connectivity index (χ2n) is 6.71. The molecule has 0 aliphatic carbocycles. The minimum Gasteiger partial charge on any atom is -0.497 e. The first-order valence-corrected chi connectivity index (χ1v) is 11.3. The molecule has 0 radical (unpaired) electrons. The Hall–Kier alpha value is -1.80. The third-order valence-electron chi connectivity index (χ3n) is 4.85. The maximum absolute atomic E-state index is 12.8. The highest BCUT2D eigenvalue weighted by molar-refractivity contribution is 7.89. The van der Waals surface area contributed by atoms with Crippen molar-refractivity contribution in [2.45, 2.75) is 24.3 Å². The monoisotopic (exact) mass is 457 g/mol. The molecule has 29 heavy (non-hydrogen) atoms. The summed E-state index contributed by atoms with van der Waals surface area (Å²) in [7, 11) is -2.08. The van der Waals surface area contributed by atoms with Crippen LogP contribution in [-0.4, -0.2) is 38.9 Å². The van der Waals surface area contributed by atoms with Gasteiger partial charge in [-0.2, -0.15) is 4.31 Å². The van der Waals surface area contributed by atoms with Crippen molar-refractivity contribution < 1.29 is 22.7 Å². The van der Waals surface area contributed by atoms with Crippen molar-refractivity contribution >= 4 is 39.2 Å². The predicted octanol–water partition coefficient (Wildman–Crippen LogP) is 4.15. The van der Waals surface area contributed by atoms with Crippen LogP contribution in [0.3, 0.4) is 0 Å². The van der Waals surface area contributed by atoms with E-state index in [9.17, 15) is 13.2 Å². The Morgan fingerprint density at radius 2 is 1.72 bits per heavy atom. The molecular formula is C20H21Cl2NO5S. The van der Waals surface area contributed by atoms with Crippen LogP contribution in [0.15, 0.2) is 47.4 Å². The fourth-order valence-electron chi connectivity index (χ4n) is 3.13. The summed E-state index contributed by atoms with van der Waals surface area (Å²) in [5.41, 5.74) is 0.743. The molecule has 3 rings (SSSR count). The first kappa shape index (κ1) is 21.9. The third kappa shape index (κ3) is 5.22. The fourth-order valence-corrected chi connectivity index (χ4v) is 4.92. The third-order valence-corrected chi connectivity index (χ3v) is 7.50. The minimum atomic E-state index is -3.60. The van der Waals surface area contributed by atoms with Crippen molar-refractivity contribution in [3.05, 3.63) is 58.1 Å². The molecule has 0 atom stereocenters. The quantitative estimate of drug-likeness (QED) is 0.609. The van der Waals surface area contributed by atoms with Gasteiger partial charge in [-0.25, -0.2) is 8.42 Å². The SMILES string of the molecule is COc1ccc(S(=O)(=O)N2CCC(C(=O)OCc3ccc(Cl)c(Cl)c3)CC2)cc1. The molecule has 0 aromatic heterocycles. The first-order chi connectivity index (χ1) is 13.8. The zero-order valence-corrected chi connectivity index (χ0v) is 18.1. The van der Waals surface area contributed by atoms with Gasteiger partial charge in [0.2, 0.25) is 10.0 Å². The van der Waals surface area contributed by atoms with Crippen molar-refractivity contribution in [3.8, 4) is 5.75 Å². The molecule has 6 nitrogen and oxygen atoms in total. The number of esters is 1. The molecule has 2 aromatic rings. The minimum absolute atomic E-state index is 0.0973. The van der Waals surface area contributed by atoms with Crippen LogP contribution in [0.5, 0.6) is 5.75 Å². The number of halogens is 2. The Bertz CT molecular complexity index is 971. The largest absolute Gasteiger partial charge is 0.497 e. The molecule has 0 saturated carbocycles. The normalized spacial score (nSPS) is 15.8. The van der Waals surface area contributed by atoms with Crippen molar-refractivity contribution in [1.29, 1.82) is 0 Å². The number of ether oxygens (including phenoxy) is 2. The smallest absolute Gasteiger partial charge is 0.309 e. The molecule has 156 valence electrons. The summed E-state index contributed by atoms with van der Waals surface area (Å²) in [4.78, 5) is 12.6. The van der Waals surface area contributed by atoms with E-state index in [4.69, 9.17) is 32.7 Å². The van der Waals surface area contributed by atoms with Gasteiger partial charge in [-0.1, -0.05) is 29.3 Å². The summed E-state index contributed by atoms with van der Waals surface area (Å²) in [5, 5.41) is 0.837. The molecule has 1 aliphatic rings. The maximum Gasteiger partial charge on any atom is 0.309 e. The van der Waals surface area contributed by atoms with E-state index in [2.05, 4.69) is 0 Å². The van der Waals surface area contributed by atoms with Gasteiger partial charge in [0.25, 0.3) is 0 Å². The number of piperidine rings is 1. The molecule has 1 heterocycles. The Kier molecular flexibility index (Phi) is 7.05. The number of rotatable bonds is 6. The van der Waals surface area contributed by atoms with Gasteiger partial charge in [-0.3, -0.25) is 4.79 Å². The van der Waals surface area contributed by atoms with Gasteiger partial charge in [-0.15, -0.1) is 0 Å². The average Bonchev–Trinajstić information content (AvgIpc) is 2.74. The van der Waals surface area contributed by atoms with Gasteiger partial charge in [0.05, 0.1) is 28.0 Å². The van der Waals surface area contributed by atoms with E-state index in [0.29, 0.717) is 28.6 Å². The van der Waals surface area contributed by atoms with Gasteiger partial charge in [0, 0.05) is 13.1 Å². The maximum atomic E-state index is 12.8. The molecule has 1 saturated heterocycles. The van der Waals surface area contributed by atoms with Crippen molar-refractivity contribution in [2.24, 2.45) is 5.92 Å². The standard InChI is InChI=1S/C20H21Cl2NO5S/c1-27-16-3-5-17(6-4-16)29(25,26)23-10-8-15(9-11-23)20(24)28-13-14-2-7-18(21)19(22)12-14/h2-7,12,15H,8-11,13H2,1H3. The Morgan fingerprint density at radius 3 is 2.31 bits per heavy atom. The van der Waals surface area contributed by atoms with Gasteiger partial charge >= 0.3 is 5.97 Å². The van der Waals surface area contributed by atoms with Crippen molar-refractivity contribution in [1.82, 2.24) is 4.31 Å². The van der Waals surface area contributed by atoms with Crippen molar-refractivity contribution in [3.63, 3.8) is 0 Å². The molecule has 0 unspecified atom stereocenters. The number of nitrogens with zero attached hydrogens (tertiary/aromatic N) is 1. The van der Waals surface area contributed by atoms with E-state index in [0.717, 1.165) is 5.56 Å². The first-order valence-electron chi connectivity index (χ1n) is 9.06. The summed E-state index contributed by atoms with van der Waals surface area (Å²) in [6.07, 6.45) is 0.825. The van der Waals surface area contributed by atoms with E-state index < -0.39 is 10.0 Å². The topological polar surface area (TPSA) is 72.9 Å². The van der Waals surface area contributed by atoms with E-state index in [1.54, 1.807) is 30.3 Å². The zero-order chi connectivity index (χ0) is 21.0. The lowest BCUT2D eigenvalue weighted by Gasteiger charge is -2.30. The molecule has 1 fully saturated rings. The van der Waals surface area contributed by atoms with Crippen LogP contribution in [0.2, 0.25) is 10.0 Å². The van der Waals surface area contributed by atoms with E-state index in [-0.39, 0.29) is 36.5 Å². The number of benzene rings is 2. The lowest BCUT2D eigenvalue weighted by molar-refractivity contribution is -0.151. The Morgan fingerprint density at radius 1 is 1.07 bits per heavy atom. The molecular weight excluding hydrogens is 437 g/mol. The summed E-state index contributed by atoms with van der Waals surface area (Å²) in [5.74, 6) is -0.0787. The van der Waals surface area contributed by atoms with Gasteiger partial charge in [0.1, 0.15) is 12.4 Å². The predicted molar refractivity (Wildman–Crippen MR) is 111 cm³/mol. The molecule has 0 amide bonds. The van der Waals surface area contributed by atoms with Crippen LogP contribution in [0, 0.1) is 5.92 Å². The number of carbonyl (C=O) groups is 1. The van der Waals surface area contributed by atoms with Crippen LogP contribution >= 0.6 is 23.2 Å². The van der Waals surface area contributed by atoms with E-state index >= 15 is 0 Å². The molecule has 2 aromatic carbocycles. The highest BCUT2D eigenvalue weighted by Gasteiger charge is 2.32. The van der Waals surface area contributed by atoms with Crippen LogP contribution in [0.4, 0.5) is 0 Å². The second-order valence-corrected chi connectivity index (χ2v) is 9.46. The van der Waals surface area contributed by atoms with Gasteiger partial charge in [0.15, 0.2) is 0 Å². The van der Waals surface area contributed by atoms with Crippen LogP contribution in [0.1, 0.15) is 18.4 Å². The number of hydrogen-bond acceptors (Lipinski definition) is 5. The molecule has 9 heteroatoms. The molecule has 0 spiro atoms. The zero-order valence-electron chi connectivity index (χ0n) is 15.8. The number of hydrogen-bond donors (Lipinski definition) is 0. The van der Waals surface area contributed by atoms with Crippen LogP contribution in [-0.2, 0) is 26.2 Å². The van der Waals surface area contributed by atoms with E-state index in [1.165, 1.54) is 23.5 Å². The average molecular weight is 458 g/mol. The highest BCUT2D eigenvalue weighted by atomic mass is 35.5. The Balaban J connectivity index is 1.54. The van der Waals surface area contributed by atoms with Crippen LogP contribution < -0.4 is 4.74 Å².